The van der Waals surface area contributed by atoms with Gasteiger partial charge in [-0.3, -0.25) is 4.79 Å². The molecule has 8 nitrogen and oxygen atoms in total. The Morgan fingerprint density at radius 3 is 1.71 bits per heavy atom. The largest absolute Gasteiger partial charge is 0.478 e. The van der Waals surface area contributed by atoms with Crippen molar-refractivity contribution in [2.45, 2.75) is 26.1 Å². The summed E-state index contributed by atoms with van der Waals surface area (Å²) in [7, 11) is 0. The molecule has 0 aliphatic heterocycles. The van der Waals surface area contributed by atoms with Gasteiger partial charge < -0.3 is 19.9 Å². The van der Waals surface area contributed by atoms with E-state index in [1.165, 1.54) is 24.3 Å². The number of aliphatic carboxylic acids is 1. The third-order valence-electron chi connectivity index (χ3n) is 4.91. The fourth-order valence-electron chi connectivity index (χ4n) is 3.02. The van der Waals surface area contributed by atoms with E-state index in [9.17, 15) is 24.3 Å². The van der Waals surface area contributed by atoms with Gasteiger partial charge in [0.2, 0.25) is 12.2 Å². The van der Waals surface area contributed by atoms with Crippen molar-refractivity contribution in [3.63, 3.8) is 0 Å². The van der Waals surface area contributed by atoms with Gasteiger partial charge >= 0.3 is 17.9 Å². The molecule has 35 heavy (non-hydrogen) atoms. The number of carbonyl (C=O) groups is 4. The van der Waals surface area contributed by atoms with Gasteiger partial charge in [-0.15, -0.1) is 0 Å². The lowest BCUT2D eigenvalue weighted by molar-refractivity contribution is -0.157. The first-order valence-electron chi connectivity index (χ1n) is 10.5. The van der Waals surface area contributed by atoms with Crippen LogP contribution in [0.5, 0.6) is 0 Å². The van der Waals surface area contributed by atoms with Gasteiger partial charge in [-0.05, 0) is 56.3 Å². The number of carboxylic acids is 1. The SMILES string of the molecule is Cc1ccc(C(=O)O[C@@H](C(=O)O)[C@@H](OC(=O)c2ccc(C)cc2)C(=O)Nc2cccc(Br)c2)cc1. The van der Waals surface area contributed by atoms with E-state index in [2.05, 4.69) is 21.2 Å². The molecule has 0 fully saturated rings. The van der Waals surface area contributed by atoms with Gasteiger partial charge in [0.05, 0.1) is 11.1 Å². The van der Waals surface area contributed by atoms with E-state index in [0.717, 1.165) is 11.1 Å². The molecule has 0 bridgehead atoms. The van der Waals surface area contributed by atoms with Crippen molar-refractivity contribution >= 4 is 45.4 Å². The van der Waals surface area contributed by atoms with Gasteiger partial charge in [-0.25, -0.2) is 14.4 Å². The van der Waals surface area contributed by atoms with Gasteiger partial charge in [0, 0.05) is 10.2 Å². The summed E-state index contributed by atoms with van der Waals surface area (Å²) in [5.41, 5.74) is 2.27. The normalized spacial score (nSPS) is 12.2. The maximum Gasteiger partial charge on any atom is 0.349 e. The highest BCUT2D eigenvalue weighted by molar-refractivity contribution is 9.10. The molecule has 3 aromatic carbocycles. The molecule has 2 atom stereocenters. The minimum absolute atomic E-state index is 0.0814. The van der Waals surface area contributed by atoms with Crippen LogP contribution in [0, 0.1) is 13.8 Å². The summed E-state index contributed by atoms with van der Waals surface area (Å²) < 4.78 is 11.1. The van der Waals surface area contributed by atoms with Crippen LogP contribution in [0.2, 0.25) is 0 Å². The van der Waals surface area contributed by atoms with Crippen molar-refractivity contribution in [2.75, 3.05) is 5.32 Å². The van der Waals surface area contributed by atoms with Crippen molar-refractivity contribution < 1.29 is 33.8 Å². The molecular weight excluding hydrogens is 518 g/mol. The van der Waals surface area contributed by atoms with E-state index in [1.807, 2.05) is 13.8 Å². The molecule has 0 aliphatic carbocycles. The topological polar surface area (TPSA) is 119 Å². The molecule has 0 radical (unpaired) electrons. The fraction of sp³-hybridized carbons (Fsp3) is 0.154. The first kappa shape index (κ1) is 25.6. The number of rotatable bonds is 8. The Labute approximate surface area is 210 Å². The number of aryl methyl sites for hydroxylation is 2. The van der Waals surface area contributed by atoms with Gasteiger partial charge in [0.25, 0.3) is 5.91 Å². The monoisotopic (exact) mass is 539 g/mol. The van der Waals surface area contributed by atoms with Crippen LogP contribution >= 0.6 is 15.9 Å². The highest BCUT2D eigenvalue weighted by Crippen LogP contribution is 2.19. The molecule has 9 heteroatoms. The molecule has 1 amide bonds. The molecule has 3 aromatic rings. The molecule has 0 aromatic heterocycles. The zero-order chi connectivity index (χ0) is 25.5. The van der Waals surface area contributed by atoms with Crippen LogP contribution in [0.3, 0.4) is 0 Å². The number of carboxylic acid groups (broad SMARTS) is 1. The van der Waals surface area contributed by atoms with Crippen LogP contribution in [-0.2, 0) is 19.1 Å². The second kappa shape index (κ2) is 11.4. The van der Waals surface area contributed by atoms with Crippen LogP contribution in [0.4, 0.5) is 5.69 Å². The Morgan fingerprint density at radius 2 is 1.26 bits per heavy atom. The molecule has 0 heterocycles. The van der Waals surface area contributed by atoms with E-state index in [4.69, 9.17) is 9.47 Å². The van der Waals surface area contributed by atoms with Crippen LogP contribution in [0.1, 0.15) is 31.8 Å². The molecule has 2 N–H and O–H groups in total. The van der Waals surface area contributed by atoms with Crippen LogP contribution in [0.25, 0.3) is 0 Å². The number of ether oxygens (including phenoxy) is 2. The van der Waals surface area contributed by atoms with Gasteiger partial charge in [0.1, 0.15) is 0 Å². The van der Waals surface area contributed by atoms with Crippen LogP contribution in [-0.4, -0.2) is 41.1 Å². The van der Waals surface area contributed by atoms with Crippen LogP contribution < -0.4 is 5.32 Å². The third-order valence-corrected chi connectivity index (χ3v) is 5.40. The Balaban J connectivity index is 1.90. The number of anilines is 1. The lowest BCUT2D eigenvalue weighted by Gasteiger charge is -2.23. The summed E-state index contributed by atoms with van der Waals surface area (Å²) in [5.74, 6) is -4.56. The average Bonchev–Trinajstić information content (AvgIpc) is 2.81. The number of nitrogens with one attached hydrogen (secondary N) is 1. The van der Waals surface area contributed by atoms with Gasteiger partial charge in [0.15, 0.2) is 0 Å². The quantitative estimate of drug-likeness (QED) is 0.403. The van der Waals surface area contributed by atoms with E-state index < -0.39 is 36.0 Å². The smallest absolute Gasteiger partial charge is 0.349 e. The summed E-state index contributed by atoms with van der Waals surface area (Å²) in [4.78, 5) is 50.6. The van der Waals surface area contributed by atoms with E-state index in [-0.39, 0.29) is 11.1 Å². The second-order valence-corrected chi connectivity index (χ2v) is 8.64. The second-order valence-electron chi connectivity index (χ2n) is 7.72. The molecular formula is C26H22BrNO7. The number of carbonyl (C=O) groups excluding carboxylic acids is 3. The zero-order valence-electron chi connectivity index (χ0n) is 18.9. The van der Waals surface area contributed by atoms with E-state index >= 15 is 0 Å². The lowest BCUT2D eigenvalue weighted by atomic mass is 10.1. The minimum Gasteiger partial charge on any atom is -0.478 e. The van der Waals surface area contributed by atoms with Gasteiger partial charge in [-0.1, -0.05) is 57.4 Å². The number of amides is 1. The number of halogens is 1. The summed E-state index contributed by atoms with van der Waals surface area (Å²) in [6.45, 7) is 3.65. The molecule has 0 unspecified atom stereocenters. The van der Waals surface area contributed by atoms with Crippen molar-refractivity contribution in [3.05, 3.63) is 99.5 Å². The summed E-state index contributed by atoms with van der Waals surface area (Å²) in [6, 6.07) is 19.1. The fourth-order valence-corrected chi connectivity index (χ4v) is 3.42. The Morgan fingerprint density at radius 1 is 0.771 bits per heavy atom. The first-order valence-corrected chi connectivity index (χ1v) is 11.3. The Kier molecular flexibility index (Phi) is 8.38. The predicted molar refractivity (Wildman–Crippen MR) is 131 cm³/mol. The summed E-state index contributed by atoms with van der Waals surface area (Å²) in [5, 5.41) is 12.3. The molecule has 0 aliphatic rings. The molecule has 0 saturated carbocycles. The van der Waals surface area contributed by atoms with E-state index in [0.29, 0.717) is 10.2 Å². The standard InChI is InChI=1S/C26H22BrNO7/c1-15-6-10-17(11-7-15)25(32)34-21(23(29)28-20-5-3-4-19(27)14-20)22(24(30)31)35-26(33)18-12-8-16(2)9-13-18/h3-14,21-22H,1-2H3,(H,28,29)(H,30,31)/t21-,22-/m1/s1. The maximum atomic E-state index is 13.1. The van der Waals surface area contributed by atoms with Crippen LogP contribution in [0.15, 0.2) is 77.3 Å². The van der Waals surface area contributed by atoms with Crippen molar-refractivity contribution in [2.24, 2.45) is 0 Å². The maximum absolute atomic E-state index is 13.1. The predicted octanol–water partition coefficient (Wildman–Crippen LogP) is 4.54. The minimum atomic E-state index is -2.11. The molecule has 0 saturated heterocycles. The highest BCUT2D eigenvalue weighted by atomic mass is 79.9. The molecule has 0 spiro atoms. The van der Waals surface area contributed by atoms with Crippen molar-refractivity contribution in [1.29, 1.82) is 0 Å². The highest BCUT2D eigenvalue weighted by Gasteiger charge is 2.41. The Hall–Kier alpha value is -3.98. The van der Waals surface area contributed by atoms with Crippen molar-refractivity contribution in [1.82, 2.24) is 0 Å². The van der Waals surface area contributed by atoms with Gasteiger partial charge in [-0.2, -0.15) is 0 Å². The zero-order valence-corrected chi connectivity index (χ0v) is 20.4. The number of esters is 2. The Bertz CT molecular complexity index is 1240. The number of benzene rings is 3. The summed E-state index contributed by atoms with van der Waals surface area (Å²) >= 11 is 3.28. The summed E-state index contributed by atoms with van der Waals surface area (Å²) in [6.07, 6.45) is -4.08. The third kappa shape index (κ3) is 7.00. The molecule has 3 rings (SSSR count). The molecule has 180 valence electrons. The van der Waals surface area contributed by atoms with Crippen molar-refractivity contribution in [3.8, 4) is 0 Å². The van der Waals surface area contributed by atoms with E-state index in [1.54, 1.807) is 48.5 Å². The first-order chi connectivity index (χ1) is 16.6. The number of hydrogen-bond donors (Lipinski definition) is 2. The lowest BCUT2D eigenvalue weighted by Crippen LogP contribution is -2.48. The average molecular weight is 540 g/mol. The number of hydrogen-bond acceptors (Lipinski definition) is 6.